The number of aromatic nitrogens is 2. The number of amides is 1. The molecule has 196 valence electrons. The van der Waals surface area contributed by atoms with Crippen molar-refractivity contribution in [1.29, 1.82) is 0 Å². The van der Waals surface area contributed by atoms with E-state index in [9.17, 15) is 14.4 Å². The predicted octanol–water partition coefficient (Wildman–Crippen LogP) is 5.04. The molecule has 0 aliphatic rings. The number of carbonyl (C=O) groups excluding carboxylic acids is 1. The number of methoxy groups -OCH3 is 2. The fourth-order valence-corrected chi connectivity index (χ4v) is 4.76. The van der Waals surface area contributed by atoms with E-state index in [1.165, 1.54) is 23.4 Å². The summed E-state index contributed by atoms with van der Waals surface area (Å²) in [5, 5.41) is 2.66. The van der Waals surface area contributed by atoms with E-state index < -0.39 is 17.1 Å². The van der Waals surface area contributed by atoms with E-state index in [-0.39, 0.29) is 27.1 Å². The summed E-state index contributed by atoms with van der Waals surface area (Å²) in [7, 11) is 2.99. The van der Waals surface area contributed by atoms with Crippen molar-refractivity contribution in [3.8, 4) is 22.9 Å². The molecule has 0 fully saturated rings. The fraction of sp³-hybridized carbons (Fsp3) is 0.103. The highest BCUT2D eigenvalue weighted by atomic mass is 32.1. The summed E-state index contributed by atoms with van der Waals surface area (Å²) in [6.45, 7) is 1.57. The Morgan fingerprint density at radius 2 is 1.36 bits per heavy atom. The van der Waals surface area contributed by atoms with E-state index in [0.29, 0.717) is 28.4 Å². The highest BCUT2D eigenvalue weighted by Gasteiger charge is 2.24. The Hall–Kier alpha value is -4.96. The molecule has 1 N–H and O–H groups in total. The summed E-state index contributed by atoms with van der Waals surface area (Å²) in [5.41, 5.74) is -0.225. The summed E-state index contributed by atoms with van der Waals surface area (Å²) in [4.78, 5) is 40.3. The standard InChI is InChI=1S/C29H23N3O6S/c1-17-23-26(34)31(19-13-7-9-15-21(19)36-2)29(39)32(20-14-8-10-16-22(20)37-3)27(23)38-28(35)24(17)30-25(33)18-11-5-4-6-12-18/h4-16H,1-3H3,(H,30,33). The van der Waals surface area contributed by atoms with Gasteiger partial charge in [-0.2, -0.15) is 0 Å². The number of benzene rings is 3. The van der Waals surface area contributed by atoms with Gasteiger partial charge in [-0.05, 0) is 61.1 Å². The van der Waals surface area contributed by atoms with Crippen LogP contribution in [-0.4, -0.2) is 29.3 Å². The van der Waals surface area contributed by atoms with E-state index in [1.807, 2.05) is 0 Å². The molecule has 5 rings (SSSR count). The van der Waals surface area contributed by atoms with Crippen LogP contribution in [0.25, 0.3) is 22.5 Å². The molecule has 0 aliphatic carbocycles. The second-order valence-electron chi connectivity index (χ2n) is 8.49. The van der Waals surface area contributed by atoms with Gasteiger partial charge in [0.05, 0.1) is 25.6 Å². The Morgan fingerprint density at radius 1 is 0.821 bits per heavy atom. The second-order valence-corrected chi connectivity index (χ2v) is 8.86. The average molecular weight is 542 g/mol. The smallest absolute Gasteiger partial charge is 0.361 e. The van der Waals surface area contributed by atoms with Crippen molar-refractivity contribution in [3.63, 3.8) is 0 Å². The lowest BCUT2D eigenvalue weighted by Gasteiger charge is -2.19. The molecule has 0 atom stereocenters. The number of fused-ring (bicyclic) bond motifs is 1. The molecule has 2 aromatic heterocycles. The zero-order chi connectivity index (χ0) is 27.7. The van der Waals surface area contributed by atoms with Crippen molar-refractivity contribution < 1.29 is 18.7 Å². The minimum atomic E-state index is -0.836. The van der Waals surface area contributed by atoms with E-state index in [2.05, 4.69) is 5.32 Å². The molecule has 0 bridgehead atoms. The van der Waals surface area contributed by atoms with Crippen LogP contribution in [0.3, 0.4) is 0 Å². The molecule has 39 heavy (non-hydrogen) atoms. The van der Waals surface area contributed by atoms with Crippen LogP contribution in [-0.2, 0) is 0 Å². The number of hydrogen-bond donors (Lipinski definition) is 1. The van der Waals surface area contributed by atoms with Crippen LogP contribution in [0.5, 0.6) is 11.5 Å². The largest absolute Gasteiger partial charge is 0.495 e. The van der Waals surface area contributed by atoms with Gasteiger partial charge in [0.1, 0.15) is 22.6 Å². The summed E-state index contributed by atoms with van der Waals surface area (Å²) < 4.78 is 19.6. The lowest BCUT2D eigenvalue weighted by molar-refractivity contribution is 0.102. The molecular weight excluding hydrogens is 518 g/mol. The zero-order valence-corrected chi connectivity index (χ0v) is 22.1. The monoisotopic (exact) mass is 541 g/mol. The molecule has 0 saturated carbocycles. The molecule has 0 saturated heterocycles. The van der Waals surface area contributed by atoms with Crippen LogP contribution in [0, 0.1) is 11.7 Å². The maximum atomic E-state index is 14.1. The Balaban J connectivity index is 1.90. The minimum absolute atomic E-state index is 0.0186. The van der Waals surface area contributed by atoms with Crippen LogP contribution in [0.1, 0.15) is 15.9 Å². The Labute approximate surface area is 227 Å². The van der Waals surface area contributed by atoms with Gasteiger partial charge in [0.15, 0.2) is 4.77 Å². The molecule has 0 unspecified atom stereocenters. The first-order valence-corrected chi connectivity index (χ1v) is 12.3. The van der Waals surface area contributed by atoms with Crippen molar-refractivity contribution in [1.82, 2.24) is 9.13 Å². The van der Waals surface area contributed by atoms with Crippen molar-refractivity contribution in [3.05, 3.63) is 116 Å². The van der Waals surface area contributed by atoms with Gasteiger partial charge in [-0.15, -0.1) is 0 Å². The van der Waals surface area contributed by atoms with E-state index in [0.717, 1.165) is 0 Å². The van der Waals surface area contributed by atoms with Crippen LogP contribution in [0.15, 0.2) is 92.9 Å². The minimum Gasteiger partial charge on any atom is -0.495 e. The van der Waals surface area contributed by atoms with Gasteiger partial charge in [0.25, 0.3) is 11.5 Å². The Morgan fingerprint density at radius 3 is 1.95 bits per heavy atom. The van der Waals surface area contributed by atoms with Gasteiger partial charge in [0.2, 0.25) is 5.71 Å². The first-order chi connectivity index (χ1) is 18.9. The highest BCUT2D eigenvalue weighted by molar-refractivity contribution is 7.71. The van der Waals surface area contributed by atoms with Gasteiger partial charge in [-0.1, -0.05) is 42.5 Å². The summed E-state index contributed by atoms with van der Waals surface area (Å²) in [5.74, 6) is 0.319. The average Bonchev–Trinajstić information content (AvgIpc) is 2.96. The molecule has 0 radical (unpaired) electrons. The first kappa shape index (κ1) is 25.7. The molecule has 2 heterocycles. The van der Waals surface area contributed by atoms with Crippen molar-refractivity contribution in [2.45, 2.75) is 6.92 Å². The number of nitrogens with zero attached hydrogens (tertiary/aromatic N) is 2. The third kappa shape index (κ3) is 4.40. The number of anilines is 1. The summed E-state index contributed by atoms with van der Waals surface area (Å²) in [6, 6.07) is 22.3. The molecule has 10 heteroatoms. The van der Waals surface area contributed by atoms with E-state index in [1.54, 1.807) is 85.8 Å². The van der Waals surface area contributed by atoms with Crippen LogP contribution >= 0.6 is 12.2 Å². The van der Waals surface area contributed by atoms with Gasteiger partial charge in [0, 0.05) is 5.56 Å². The Bertz CT molecular complexity index is 1910. The van der Waals surface area contributed by atoms with E-state index in [4.69, 9.17) is 26.1 Å². The van der Waals surface area contributed by atoms with Crippen LogP contribution < -0.4 is 26.0 Å². The van der Waals surface area contributed by atoms with Gasteiger partial charge >= 0.3 is 5.63 Å². The molecule has 0 spiro atoms. The van der Waals surface area contributed by atoms with Gasteiger partial charge in [-0.25, -0.2) is 9.36 Å². The van der Waals surface area contributed by atoms with Crippen LogP contribution in [0.2, 0.25) is 0 Å². The van der Waals surface area contributed by atoms with Gasteiger partial charge < -0.3 is 19.2 Å². The van der Waals surface area contributed by atoms with Crippen molar-refractivity contribution >= 4 is 34.9 Å². The lowest BCUT2D eigenvalue weighted by atomic mass is 10.1. The number of para-hydroxylation sites is 4. The topological polar surface area (TPSA) is 105 Å². The number of aryl methyl sites for hydroxylation is 1. The van der Waals surface area contributed by atoms with Crippen molar-refractivity contribution in [2.24, 2.45) is 0 Å². The molecule has 3 aromatic carbocycles. The molecule has 0 aliphatic heterocycles. The maximum absolute atomic E-state index is 14.1. The van der Waals surface area contributed by atoms with E-state index >= 15 is 0 Å². The fourth-order valence-electron chi connectivity index (χ4n) is 4.40. The number of nitrogens with one attached hydrogen (secondary N) is 1. The number of carbonyl (C=O) groups is 1. The van der Waals surface area contributed by atoms with Crippen molar-refractivity contribution in [2.75, 3.05) is 19.5 Å². The Kier molecular flexibility index (Phi) is 6.86. The number of ether oxygens (including phenoxy) is 2. The van der Waals surface area contributed by atoms with Gasteiger partial charge in [-0.3, -0.25) is 14.2 Å². The predicted molar refractivity (Wildman–Crippen MR) is 150 cm³/mol. The first-order valence-electron chi connectivity index (χ1n) is 11.9. The normalized spacial score (nSPS) is 10.8. The SMILES string of the molecule is COc1ccccc1-n1c(=O)c2c(C)c(NC(=O)c3ccccc3)c(=O)oc2n(-c2ccccc2OC)c1=S. The maximum Gasteiger partial charge on any atom is 0.361 e. The molecule has 5 aromatic rings. The highest BCUT2D eigenvalue weighted by Crippen LogP contribution is 2.30. The zero-order valence-electron chi connectivity index (χ0n) is 21.3. The molecular formula is C29H23N3O6S. The summed E-state index contributed by atoms with van der Waals surface area (Å²) in [6.07, 6.45) is 0. The molecule has 9 nitrogen and oxygen atoms in total. The number of rotatable bonds is 6. The number of hydrogen-bond acceptors (Lipinski definition) is 7. The lowest BCUT2D eigenvalue weighted by Crippen LogP contribution is -2.28. The van der Waals surface area contributed by atoms with Crippen LogP contribution in [0.4, 0.5) is 5.69 Å². The third-order valence-corrected chi connectivity index (χ3v) is 6.65. The quantitative estimate of drug-likeness (QED) is 0.300. The summed E-state index contributed by atoms with van der Waals surface area (Å²) >= 11 is 5.82. The second kappa shape index (κ2) is 10.4. The third-order valence-electron chi connectivity index (χ3n) is 6.29. The molecule has 1 amide bonds.